The molecule has 1 aliphatic rings. The van der Waals surface area contributed by atoms with Crippen molar-refractivity contribution in [3.63, 3.8) is 0 Å². The van der Waals surface area contributed by atoms with Gasteiger partial charge in [-0.2, -0.15) is 0 Å². The molecule has 4 N–H and O–H groups in total. The molecule has 1 amide bonds. The van der Waals surface area contributed by atoms with Crippen molar-refractivity contribution in [3.05, 3.63) is 64.5 Å². The van der Waals surface area contributed by atoms with Crippen molar-refractivity contribution in [3.8, 4) is 0 Å². The Morgan fingerprint density at radius 2 is 1.97 bits per heavy atom. The molecular formula is C25H33ClN8O2S. The van der Waals surface area contributed by atoms with Crippen LogP contribution in [-0.4, -0.2) is 77.2 Å². The molecule has 0 unspecified atom stereocenters. The zero-order chi connectivity index (χ0) is 26.8. The number of aliphatic hydroxyl groups excluding tert-OH is 1. The second kappa shape index (κ2) is 13.9. The van der Waals surface area contributed by atoms with E-state index in [1.807, 2.05) is 39.1 Å². The van der Waals surface area contributed by atoms with Gasteiger partial charge in [0.1, 0.15) is 22.3 Å². The molecule has 3 aromatic rings. The highest BCUT2D eigenvalue weighted by molar-refractivity contribution is 7.17. The molecule has 0 atom stereocenters. The zero-order valence-corrected chi connectivity index (χ0v) is 22.9. The topological polar surface area (TPSA) is 119 Å². The third-order valence-electron chi connectivity index (χ3n) is 5.57. The summed E-state index contributed by atoms with van der Waals surface area (Å²) in [4.78, 5) is 31.0. The number of aromatic nitrogens is 3. The van der Waals surface area contributed by atoms with Gasteiger partial charge >= 0.3 is 0 Å². The molecule has 1 aromatic carbocycles. The predicted octanol–water partition coefficient (Wildman–Crippen LogP) is 3.66. The summed E-state index contributed by atoms with van der Waals surface area (Å²) in [5.74, 6) is 1.85. The van der Waals surface area contributed by atoms with Crippen LogP contribution in [0.25, 0.3) is 0 Å². The fraction of sp³-hybridized carbons (Fsp3) is 0.360. The van der Waals surface area contributed by atoms with Crippen molar-refractivity contribution >= 4 is 51.3 Å². The summed E-state index contributed by atoms with van der Waals surface area (Å²) in [6.07, 6.45) is 3.16. The van der Waals surface area contributed by atoms with Gasteiger partial charge in [0.25, 0.3) is 5.91 Å². The molecule has 1 fully saturated rings. The molecular weight excluding hydrogens is 512 g/mol. The highest BCUT2D eigenvalue weighted by atomic mass is 35.5. The number of amides is 1. The van der Waals surface area contributed by atoms with Crippen molar-refractivity contribution in [2.45, 2.75) is 13.8 Å². The van der Waals surface area contributed by atoms with Crippen molar-refractivity contribution in [2.24, 2.45) is 0 Å². The van der Waals surface area contributed by atoms with Gasteiger partial charge in [0.15, 0.2) is 5.13 Å². The van der Waals surface area contributed by atoms with E-state index >= 15 is 0 Å². The lowest BCUT2D eigenvalue weighted by molar-refractivity contribution is 0.103. The highest BCUT2D eigenvalue weighted by Crippen LogP contribution is 2.28. The zero-order valence-electron chi connectivity index (χ0n) is 21.3. The van der Waals surface area contributed by atoms with E-state index < -0.39 is 0 Å². The van der Waals surface area contributed by atoms with Crippen LogP contribution in [0, 0.1) is 13.8 Å². The highest BCUT2D eigenvalue weighted by Gasteiger charge is 2.19. The monoisotopic (exact) mass is 544 g/mol. The van der Waals surface area contributed by atoms with Gasteiger partial charge in [0.05, 0.1) is 23.5 Å². The predicted molar refractivity (Wildman–Crippen MR) is 151 cm³/mol. The third kappa shape index (κ3) is 8.12. The SMILES string of the molecule is C=CNC.Cc1nc(Nc2ncc(C(=O)Nc3c(C)cccc3Cl)s2)cc(N2CCN(CCO)CC2)n1. The number of halogens is 1. The number of benzene rings is 1. The first kappa shape index (κ1) is 28.3. The Bertz CT molecular complexity index is 1180. The van der Waals surface area contributed by atoms with Crippen LogP contribution < -0.4 is 20.9 Å². The average Bonchev–Trinajstić information content (AvgIpc) is 3.35. The molecule has 0 saturated carbocycles. The number of aliphatic hydroxyl groups is 1. The Balaban J connectivity index is 0.000000886. The van der Waals surface area contributed by atoms with Crippen molar-refractivity contribution < 1.29 is 9.90 Å². The van der Waals surface area contributed by atoms with Crippen molar-refractivity contribution in [1.82, 2.24) is 25.2 Å². The standard InChI is InChI=1S/C22H26ClN7O2S.C3H7N/c1-14-4-3-5-16(23)20(14)28-21(32)17-13-24-22(33-17)27-18-12-19(26-15(2)25-18)30-8-6-29(7-9-30)10-11-31;1-3-4-2/h3-5,12-13,31H,6-11H2,1-2H3,(H,28,32)(H,24,25,26,27);3-4H,1H2,2H3. The van der Waals surface area contributed by atoms with E-state index in [4.69, 9.17) is 16.7 Å². The molecule has 0 radical (unpaired) electrons. The van der Waals surface area contributed by atoms with Gasteiger partial charge in [-0.1, -0.05) is 41.6 Å². The number of anilines is 4. The number of hydrogen-bond donors (Lipinski definition) is 4. The minimum Gasteiger partial charge on any atom is -0.395 e. The molecule has 3 heterocycles. The van der Waals surface area contributed by atoms with Crippen LogP contribution in [0.4, 0.5) is 22.5 Å². The first-order valence-corrected chi connectivity index (χ1v) is 13.0. The minimum absolute atomic E-state index is 0.173. The molecule has 37 heavy (non-hydrogen) atoms. The Morgan fingerprint density at radius 3 is 2.62 bits per heavy atom. The molecule has 12 heteroatoms. The first-order chi connectivity index (χ1) is 17.8. The number of nitrogens with zero attached hydrogens (tertiary/aromatic N) is 5. The lowest BCUT2D eigenvalue weighted by atomic mass is 10.2. The maximum absolute atomic E-state index is 12.7. The Morgan fingerprint density at radius 1 is 1.24 bits per heavy atom. The number of nitrogens with one attached hydrogen (secondary N) is 3. The Hall–Kier alpha value is -3.25. The summed E-state index contributed by atoms with van der Waals surface area (Å²) in [6, 6.07) is 7.37. The van der Waals surface area contributed by atoms with E-state index in [0.29, 0.717) is 38.9 Å². The Kier molecular flexibility index (Phi) is 10.6. The summed E-state index contributed by atoms with van der Waals surface area (Å²) in [5, 5.41) is 18.9. The van der Waals surface area contributed by atoms with Crippen LogP contribution >= 0.6 is 22.9 Å². The maximum atomic E-state index is 12.7. The van der Waals surface area contributed by atoms with Gasteiger partial charge in [-0.05, 0) is 31.7 Å². The molecule has 1 aliphatic heterocycles. The van der Waals surface area contributed by atoms with Crippen LogP contribution in [-0.2, 0) is 0 Å². The smallest absolute Gasteiger partial charge is 0.267 e. The van der Waals surface area contributed by atoms with Gasteiger partial charge in [-0.25, -0.2) is 15.0 Å². The minimum atomic E-state index is -0.267. The third-order valence-corrected chi connectivity index (χ3v) is 6.79. The maximum Gasteiger partial charge on any atom is 0.267 e. The van der Waals surface area contributed by atoms with Crippen LogP contribution in [0.5, 0.6) is 0 Å². The van der Waals surface area contributed by atoms with E-state index in [1.54, 1.807) is 12.3 Å². The van der Waals surface area contributed by atoms with Crippen LogP contribution in [0.1, 0.15) is 21.1 Å². The molecule has 0 spiro atoms. The molecule has 1 saturated heterocycles. The number of para-hydroxylation sites is 1. The van der Waals surface area contributed by atoms with Crippen LogP contribution in [0.15, 0.2) is 43.2 Å². The molecule has 198 valence electrons. The van der Waals surface area contributed by atoms with Gasteiger partial charge in [0, 0.05) is 45.8 Å². The molecule has 10 nitrogen and oxygen atoms in total. The lowest BCUT2D eigenvalue weighted by Crippen LogP contribution is -2.47. The molecule has 0 aliphatic carbocycles. The quantitative estimate of drug-likeness (QED) is 0.337. The fourth-order valence-corrected chi connectivity index (χ4v) is 4.62. The molecule has 0 bridgehead atoms. The van der Waals surface area contributed by atoms with Gasteiger partial charge in [-0.15, -0.1) is 0 Å². The van der Waals surface area contributed by atoms with E-state index in [1.165, 1.54) is 17.5 Å². The second-order valence-electron chi connectivity index (χ2n) is 8.24. The number of hydrogen-bond acceptors (Lipinski definition) is 10. The molecule has 4 rings (SSSR count). The Labute approximate surface area is 226 Å². The second-order valence-corrected chi connectivity index (χ2v) is 9.68. The average molecular weight is 545 g/mol. The van der Waals surface area contributed by atoms with Gasteiger partial charge in [-0.3, -0.25) is 9.69 Å². The summed E-state index contributed by atoms with van der Waals surface area (Å²) < 4.78 is 0. The van der Waals surface area contributed by atoms with Crippen molar-refractivity contribution in [2.75, 3.05) is 61.9 Å². The summed E-state index contributed by atoms with van der Waals surface area (Å²) in [5.41, 5.74) is 1.49. The van der Waals surface area contributed by atoms with E-state index in [2.05, 4.69) is 47.3 Å². The van der Waals surface area contributed by atoms with Gasteiger partial charge < -0.3 is 26.0 Å². The van der Waals surface area contributed by atoms with E-state index in [9.17, 15) is 4.79 Å². The summed E-state index contributed by atoms with van der Waals surface area (Å²) in [6.45, 7) is 11.4. The number of thiazole rings is 1. The fourth-order valence-electron chi connectivity index (χ4n) is 3.63. The number of carbonyl (C=O) groups is 1. The number of rotatable bonds is 8. The van der Waals surface area contributed by atoms with Crippen LogP contribution in [0.3, 0.4) is 0 Å². The number of piperazine rings is 1. The lowest BCUT2D eigenvalue weighted by Gasteiger charge is -2.35. The van der Waals surface area contributed by atoms with Crippen molar-refractivity contribution in [1.29, 1.82) is 0 Å². The number of carbonyl (C=O) groups excluding carboxylic acids is 1. The largest absolute Gasteiger partial charge is 0.395 e. The summed E-state index contributed by atoms with van der Waals surface area (Å²) >= 11 is 7.46. The first-order valence-electron chi connectivity index (χ1n) is 11.9. The summed E-state index contributed by atoms with van der Waals surface area (Å²) in [7, 11) is 1.81. The number of β-amino-alcohol motifs (C(OH)–C–C–N with tert-alkyl or cyclic N) is 1. The number of aryl methyl sites for hydroxylation is 2. The van der Waals surface area contributed by atoms with E-state index in [0.717, 1.165) is 37.6 Å². The van der Waals surface area contributed by atoms with Crippen LogP contribution in [0.2, 0.25) is 5.02 Å². The van der Waals surface area contributed by atoms with E-state index in [-0.39, 0.29) is 12.5 Å². The molecule has 2 aromatic heterocycles. The normalized spacial score (nSPS) is 13.4. The van der Waals surface area contributed by atoms with Gasteiger partial charge in [0.2, 0.25) is 0 Å².